The molecule has 3 rings (SSSR count). The largest absolute Gasteiger partial charge is 0.493 e. The number of aromatic nitrogens is 1. The van der Waals surface area contributed by atoms with E-state index in [1.165, 1.54) is 0 Å². The van der Waals surface area contributed by atoms with Crippen molar-refractivity contribution < 1.29 is 19.0 Å². The standard InChI is InChI=1S/C21H24N2O4/c1-13-21(14(2)24)17-11-19(25-3)20(26-4)12-18(17)23(13)15-5-7-16(8-6-15)27-10-9-22/h5-8,11-12H,9-10,22H2,1-4H3. The molecule has 2 N–H and O–H groups in total. The van der Waals surface area contributed by atoms with Crippen LogP contribution in [0.1, 0.15) is 23.0 Å². The molecule has 1 aromatic heterocycles. The van der Waals surface area contributed by atoms with Crippen molar-refractivity contribution in [3.63, 3.8) is 0 Å². The molecule has 6 nitrogen and oxygen atoms in total. The number of rotatable bonds is 7. The molecule has 0 aliphatic rings. The summed E-state index contributed by atoms with van der Waals surface area (Å²) in [5, 5.41) is 0.834. The number of nitrogens with two attached hydrogens (primary N) is 1. The van der Waals surface area contributed by atoms with Crippen LogP contribution in [-0.2, 0) is 0 Å². The predicted octanol–water partition coefficient (Wildman–Crippen LogP) is 3.50. The third kappa shape index (κ3) is 3.36. The first-order chi connectivity index (χ1) is 13.0. The lowest BCUT2D eigenvalue weighted by atomic mass is 10.1. The van der Waals surface area contributed by atoms with Gasteiger partial charge in [-0.2, -0.15) is 0 Å². The highest BCUT2D eigenvalue weighted by molar-refractivity contribution is 6.09. The van der Waals surface area contributed by atoms with Gasteiger partial charge in [-0.05, 0) is 44.2 Å². The zero-order valence-electron chi connectivity index (χ0n) is 16.0. The third-order valence-electron chi connectivity index (χ3n) is 4.54. The first-order valence-electron chi connectivity index (χ1n) is 8.73. The number of fused-ring (bicyclic) bond motifs is 1. The Morgan fingerprint density at radius 2 is 1.70 bits per heavy atom. The molecular formula is C21H24N2O4. The minimum Gasteiger partial charge on any atom is -0.493 e. The second-order valence-corrected chi connectivity index (χ2v) is 6.21. The summed E-state index contributed by atoms with van der Waals surface area (Å²) in [5.74, 6) is 1.97. The predicted molar refractivity (Wildman–Crippen MR) is 106 cm³/mol. The number of carbonyl (C=O) groups excluding carboxylic acids is 1. The Balaban J connectivity index is 2.22. The molecule has 0 aliphatic heterocycles. The zero-order chi connectivity index (χ0) is 19.6. The summed E-state index contributed by atoms with van der Waals surface area (Å²) in [6.45, 7) is 4.45. The maximum atomic E-state index is 12.3. The maximum absolute atomic E-state index is 12.3. The van der Waals surface area contributed by atoms with Gasteiger partial charge in [-0.3, -0.25) is 4.79 Å². The van der Waals surface area contributed by atoms with Crippen molar-refractivity contribution in [2.75, 3.05) is 27.4 Å². The Bertz CT molecular complexity index is 974. The molecule has 6 heteroatoms. The van der Waals surface area contributed by atoms with Gasteiger partial charge in [0.15, 0.2) is 17.3 Å². The van der Waals surface area contributed by atoms with Gasteiger partial charge in [-0.1, -0.05) is 0 Å². The molecule has 27 heavy (non-hydrogen) atoms. The summed E-state index contributed by atoms with van der Waals surface area (Å²) in [7, 11) is 3.18. The third-order valence-corrected chi connectivity index (χ3v) is 4.54. The lowest BCUT2D eigenvalue weighted by molar-refractivity contribution is 0.101. The summed E-state index contributed by atoms with van der Waals surface area (Å²) < 4.78 is 18.5. The van der Waals surface area contributed by atoms with Crippen LogP contribution in [0.4, 0.5) is 0 Å². The van der Waals surface area contributed by atoms with Gasteiger partial charge >= 0.3 is 0 Å². The highest BCUT2D eigenvalue weighted by Gasteiger charge is 2.21. The summed E-state index contributed by atoms with van der Waals surface area (Å²) in [6, 6.07) is 11.5. The average molecular weight is 368 g/mol. The van der Waals surface area contributed by atoms with Gasteiger partial charge in [0.1, 0.15) is 12.4 Å². The molecule has 142 valence electrons. The summed E-state index contributed by atoms with van der Waals surface area (Å²) in [5.41, 5.74) is 8.83. The molecule has 0 unspecified atom stereocenters. The van der Waals surface area contributed by atoms with Crippen molar-refractivity contribution in [1.29, 1.82) is 0 Å². The van der Waals surface area contributed by atoms with E-state index in [2.05, 4.69) is 0 Å². The normalized spacial score (nSPS) is 10.9. The second-order valence-electron chi connectivity index (χ2n) is 6.21. The molecule has 0 aliphatic carbocycles. The Morgan fingerprint density at radius 3 is 2.26 bits per heavy atom. The maximum Gasteiger partial charge on any atom is 0.162 e. The van der Waals surface area contributed by atoms with Gasteiger partial charge < -0.3 is 24.5 Å². The SMILES string of the molecule is COc1cc2c(C(C)=O)c(C)n(-c3ccc(OCCN)cc3)c2cc1OC. The van der Waals surface area contributed by atoms with E-state index in [-0.39, 0.29) is 5.78 Å². The van der Waals surface area contributed by atoms with Crippen LogP contribution in [0.25, 0.3) is 16.6 Å². The molecule has 0 saturated carbocycles. The number of nitrogens with zero attached hydrogens (tertiary/aromatic N) is 1. The number of Topliss-reactive ketones (excluding diaryl/α,β-unsaturated/α-hetero) is 1. The highest BCUT2D eigenvalue weighted by Crippen LogP contribution is 2.38. The summed E-state index contributed by atoms with van der Waals surface area (Å²) in [4.78, 5) is 12.3. The van der Waals surface area contributed by atoms with Crippen LogP contribution in [-0.4, -0.2) is 37.7 Å². The number of ketones is 1. The van der Waals surface area contributed by atoms with Crippen molar-refractivity contribution in [2.45, 2.75) is 13.8 Å². The molecule has 0 atom stereocenters. The smallest absolute Gasteiger partial charge is 0.162 e. The van der Waals surface area contributed by atoms with Gasteiger partial charge in [0, 0.05) is 34.9 Å². The van der Waals surface area contributed by atoms with E-state index in [0.29, 0.717) is 30.2 Å². The summed E-state index contributed by atoms with van der Waals surface area (Å²) in [6.07, 6.45) is 0. The molecular weight excluding hydrogens is 344 g/mol. The van der Waals surface area contributed by atoms with Gasteiger partial charge in [0.05, 0.1) is 19.7 Å². The van der Waals surface area contributed by atoms with Gasteiger partial charge in [0.2, 0.25) is 0 Å². The average Bonchev–Trinajstić information content (AvgIpc) is 2.96. The number of benzene rings is 2. The van der Waals surface area contributed by atoms with Crippen LogP contribution >= 0.6 is 0 Å². The molecule has 0 fully saturated rings. The van der Waals surface area contributed by atoms with E-state index in [0.717, 1.165) is 28.0 Å². The second kappa shape index (κ2) is 7.72. The topological polar surface area (TPSA) is 75.7 Å². The van der Waals surface area contributed by atoms with Crippen LogP contribution in [0, 0.1) is 6.92 Å². The Hall–Kier alpha value is -2.99. The van der Waals surface area contributed by atoms with E-state index >= 15 is 0 Å². The number of ether oxygens (including phenoxy) is 3. The fourth-order valence-electron chi connectivity index (χ4n) is 3.39. The molecule has 0 amide bonds. The number of carbonyl (C=O) groups is 1. The fourth-order valence-corrected chi connectivity index (χ4v) is 3.39. The molecule has 0 radical (unpaired) electrons. The fraction of sp³-hybridized carbons (Fsp3) is 0.286. The Morgan fingerprint density at radius 1 is 1.07 bits per heavy atom. The number of hydrogen-bond donors (Lipinski definition) is 1. The molecule has 0 spiro atoms. The van der Waals surface area contributed by atoms with Crippen LogP contribution in [0.3, 0.4) is 0 Å². The quantitative estimate of drug-likeness (QED) is 0.646. The van der Waals surface area contributed by atoms with Crippen molar-refractivity contribution >= 4 is 16.7 Å². The minimum absolute atomic E-state index is 0.00590. The molecule has 0 saturated heterocycles. The van der Waals surface area contributed by atoms with E-state index in [1.54, 1.807) is 21.1 Å². The van der Waals surface area contributed by atoms with Crippen molar-refractivity contribution in [2.24, 2.45) is 5.73 Å². The molecule has 2 aromatic carbocycles. The first-order valence-corrected chi connectivity index (χ1v) is 8.73. The summed E-state index contributed by atoms with van der Waals surface area (Å²) >= 11 is 0. The Labute approximate surface area is 158 Å². The van der Waals surface area contributed by atoms with Crippen LogP contribution in [0.2, 0.25) is 0 Å². The monoisotopic (exact) mass is 368 g/mol. The minimum atomic E-state index is 0.00590. The van der Waals surface area contributed by atoms with E-state index in [9.17, 15) is 4.79 Å². The first kappa shape index (κ1) is 18.8. The van der Waals surface area contributed by atoms with Crippen LogP contribution in [0.5, 0.6) is 17.2 Å². The van der Waals surface area contributed by atoms with Crippen LogP contribution in [0.15, 0.2) is 36.4 Å². The van der Waals surface area contributed by atoms with Crippen LogP contribution < -0.4 is 19.9 Å². The van der Waals surface area contributed by atoms with Gasteiger partial charge in [-0.15, -0.1) is 0 Å². The molecule has 1 heterocycles. The lowest BCUT2D eigenvalue weighted by Crippen LogP contribution is -2.10. The van der Waals surface area contributed by atoms with Crippen molar-refractivity contribution in [3.8, 4) is 22.9 Å². The van der Waals surface area contributed by atoms with Crippen molar-refractivity contribution in [3.05, 3.63) is 47.7 Å². The number of hydrogen-bond acceptors (Lipinski definition) is 5. The highest BCUT2D eigenvalue weighted by atomic mass is 16.5. The number of methoxy groups -OCH3 is 2. The lowest BCUT2D eigenvalue weighted by Gasteiger charge is -2.12. The van der Waals surface area contributed by atoms with E-state index < -0.39 is 0 Å². The van der Waals surface area contributed by atoms with E-state index in [4.69, 9.17) is 19.9 Å². The van der Waals surface area contributed by atoms with Crippen molar-refractivity contribution in [1.82, 2.24) is 4.57 Å². The van der Waals surface area contributed by atoms with Gasteiger partial charge in [-0.25, -0.2) is 0 Å². The Kier molecular flexibility index (Phi) is 5.37. The zero-order valence-corrected chi connectivity index (χ0v) is 16.0. The molecule has 3 aromatic rings. The molecule has 0 bridgehead atoms. The van der Waals surface area contributed by atoms with Gasteiger partial charge in [0.25, 0.3) is 0 Å². The van der Waals surface area contributed by atoms with E-state index in [1.807, 2.05) is 47.9 Å².